The topological polar surface area (TPSA) is 162 Å². The maximum atomic E-state index is 11.2. The molecule has 0 spiro atoms. The average molecular weight is 430 g/mol. The number of aliphatic carboxylic acids is 4. The summed E-state index contributed by atoms with van der Waals surface area (Å²) in [4.78, 5) is 50.9. The Kier molecular flexibility index (Phi) is 11.2. The van der Waals surface area contributed by atoms with Crippen LogP contribution < -0.4 is 0 Å². The van der Waals surface area contributed by atoms with E-state index in [4.69, 9.17) is 20.4 Å². The lowest BCUT2D eigenvalue weighted by Gasteiger charge is -2.29. The number of carbonyl (C=O) groups is 4. The Hall–Kier alpha value is -2.86. The van der Waals surface area contributed by atoms with Crippen LogP contribution in [0.15, 0.2) is 12.4 Å². The number of rotatable bonds is 8. The van der Waals surface area contributed by atoms with Gasteiger partial charge in [-0.25, -0.2) is 0 Å². The molecular formula is C18H30N4O8. The van der Waals surface area contributed by atoms with Gasteiger partial charge in [0.05, 0.1) is 13.1 Å². The number of hydrogen-bond acceptors (Lipinski definition) is 8. The average Bonchev–Trinajstić information content (AvgIpc) is 2.61. The van der Waals surface area contributed by atoms with E-state index < -0.39 is 23.9 Å². The molecule has 1 aliphatic heterocycles. The number of hydrogen-bond donors (Lipinski definition) is 4. The lowest BCUT2D eigenvalue weighted by Crippen LogP contribution is -2.43. The predicted molar refractivity (Wildman–Crippen MR) is 105 cm³/mol. The Labute approximate surface area is 174 Å². The van der Waals surface area contributed by atoms with E-state index in [1.807, 2.05) is 0 Å². The minimum atomic E-state index is -1.07. The molecular weight excluding hydrogens is 400 g/mol. The molecule has 0 fully saturated rings. The van der Waals surface area contributed by atoms with Gasteiger partial charge in [0.25, 0.3) is 0 Å². The molecule has 0 aromatic carbocycles. The first-order valence-electron chi connectivity index (χ1n) is 9.64. The second-order valence-electron chi connectivity index (χ2n) is 7.07. The summed E-state index contributed by atoms with van der Waals surface area (Å²) in [5.41, 5.74) is 0. The number of nitrogens with zero attached hydrogens (tertiary/aromatic N) is 4. The lowest BCUT2D eigenvalue weighted by molar-refractivity contribution is -0.140. The third-order valence-corrected chi connectivity index (χ3v) is 4.49. The van der Waals surface area contributed by atoms with Gasteiger partial charge in [-0.15, -0.1) is 0 Å². The zero-order valence-electron chi connectivity index (χ0n) is 16.9. The fourth-order valence-corrected chi connectivity index (χ4v) is 3.07. The standard InChI is InChI=1S/C18H30N4O8/c23-15(24)11-19-3-1-2-4-20(12-16(25)26)6-8-22(14-18(29)30)10-9-21(7-5-19)13-17(27)28/h5,7H,1-4,6,8-14H2,(H,23,24)(H,25,26)(H,27,28)(H,29,30). The second kappa shape index (κ2) is 13.4. The van der Waals surface area contributed by atoms with E-state index in [9.17, 15) is 19.2 Å². The normalized spacial score (nSPS) is 18.0. The number of carboxylic acids is 4. The van der Waals surface area contributed by atoms with Crippen LogP contribution in [0.3, 0.4) is 0 Å². The van der Waals surface area contributed by atoms with Gasteiger partial charge in [-0.05, 0) is 19.4 Å². The first-order valence-corrected chi connectivity index (χ1v) is 9.64. The van der Waals surface area contributed by atoms with Crippen LogP contribution in [0.5, 0.6) is 0 Å². The summed E-state index contributed by atoms with van der Waals surface area (Å²) in [6, 6.07) is 0. The van der Waals surface area contributed by atoms with Gasteiger partial charge in [0, 0.05) is 45.1 Å². The highest BCUT2D eigenvalue weighted by atomic mass is 16.4. The van der Waals surface area contributed by atoms with Crippen LogP contribution in [0.25, 0.3) is 0 Å². The molecule has 4 N–H and O–H groups in total. The molecule has 1 aliphatic rings. The van der Waals surface area contributed by atoms with Gasteiger partial charge in [0.15, 0.2) is 0 Å². The third-order valence-electron chi connectivity index (χ3n) is 4.49. The Balaban J connectivity index is 2.99. The summed E-state index contributed by atoms with van der Waals surface area (Å²) in [5.74, 6) is -4.11. The highest BCUT2D eigenvalue weighted by Crippen LogP contribution is 2.04. The summed E-state index contributed by atoms with van der Waals surface area (Å²) < 4.78 is 0. The van der Waals surface area contributed by atoms with E-state index >= 15 is 0 Å². The van der Waals surface area contributed by atoms with Crippen molar-refractivity contribution in [2.24, 2.45) is 0 Å². The third kappa shape index (κ3) is 11.9. The van der Waals surface area contributed by atoms with E-state index in [-0.39, 0.29) is 39.3 Å². The van der Waals surface area contributed by atoms with E-state index in [1.54, 1.807) is 14.7 Å². The second-order valence-corrected chi connectivity index (χ2v) is 7.07. The molecule has 0 aliphatic carbocycles. The fourth-order valence-electron chi connectivity index (χ4n) is 3.07. The van der Waals surface area contributed by atoms with Gasteiger partial charge in [-0.3, -0.25) is 29.0 Å². The molecule has 12 heteroatoms. The summed E-state index contributed by atoms with van der Waals surface area (Å²) in [5, 5.41) is 36.5. The highest BCUT2D eigenvalue weighted by molar-refractivity contribution is 5.70. The smallest absolute Gasteiger partial charge is 0.323 e. The van der Waals surface area contributed by atoms with Gasteiger partial charge < -0.3 is 30.2 Å². The first kappa shape index (κ1) is 25.2. The van der Waals surface area contributed by atoms with Crippen LogP contribution in [0.4, 0.5) is 0 Å². The molecule has 0 amide bonds. The van der Waals surface area contributed by atoms with Gasteiger partial charge in [0.2, 0.25) is 0 Å². The van der Waals surface area contributed by atoms with E-state index in [2.05, 4.69) is 0 Å². The molecule has 0 aromatic rings. The molecule has 1 heterocycles. The molecule has 170 valence electrons. The molecule has 0 aromatic heterocycles. The van der Waals surface area contributed by atoms with Crippen LogP contribution in [0, 0.1) is 0 Å². The maximum Gasteiger partial charge on any atom is 0.323 e. The summed E-state index contributed by atoms with van der Waals surface area (Å²) in [6.07, 6.45) is 4.29. The maximum absolute atomic E-state index is 11.2. The van der Waals surface area contributed by atoms with E-state index in [0.717, 1.165) is 0 Å². The van der Waals surface area contributed by atoms with Crippen LogP contribution in [0.1, 0.15) is 12.8 Å². The van der Waals surface area contributed by atoms with Crippen LogP contribution in [-0.2, 0) is 19.2 Å². The zero-order chi connectivity index (χ0) is 22.5. The molecule has 0 radical (unpaired) electrons. The van der Waals surface area contributed by atoms with Crippen molar-refractivity contribution in [3.63, 3.8) is 0 Å². The molecule has 1 rings (SSSR count). The molecule has 0 unspecified atom stereocenters. The summed E-state index contributed by atoms with van der Waals surface area (Å²) >= 11 is 0. The highest BCUT2D eigenvalue weighted by Gasteiger charge is 2.17. The van der Waals surface area contributed by atoms with Crippen LogP contribution >= 0.6 is 0 Å². The molecule has 12 nitrogen and oxygen atoms in total. The Morgan fingerprint density at radius 3 is 1.37 bits per heavy atom. The van der Waals surface area contributed by atoms with Crippen molar-refractivity contribution in [2.75, 3.05) is 65.4 Å². The van der Waals surface area contributed by atoms with Gasteiger partial charge in [-0.2, -0.15) is 0 Å². The Morgan fingerprint density at radius 1 is 0.533 bits per heavy atom. The van der Waals surface area contributed by atoms with Crippen molar-refractivity contribution in [3.05, 3.63) is 12.4 Å². The monoisotopic (exact) mass is 430 g/mol. The van der Waals surface area contributed by atoms with Crippen molar-refractivity contribution in [3.8, 4) is 0 Å². The Bertz CT molecular complexity index is 627. The van der Waals surface area contributed by atoms with Crippen molar-refractivity contribution < 1.29 is 39.6 Å². The molecule has 0 saturated heterocycles. The predicted octanol–water partition coefficient (Wildman–Crippen LogP) is -1.20. The van der Waals surface area contributed by atoms with Gasteiger partial charge in [-0.1, -0.05) is 0 Å². The van der Waals surface area contributed by atoms with E-state index in [0.29, 0.717) is 39.0 Å². The van der Waals surface area contributed by atoms with Crippen molar-refractivity contribution in [1.29, 1.82) is 0 Å². The van der Waals surface area contributed by atoms with Crippen LogP contribution in [-0.4, -0.2) is 129 Å². The van der Waals surface area contributed by atoms with Crippen molar-refractivity contribution in [1.82, 2.24) is 19.6 Å². The first-order chi connectivity index (χ1) is 14.2. The quantitative estimate of drug-likeness (QED) is 0.364. The minimum absolute atomic E-state index is 0.176. The van der Waals surface area contributed by atoms with E-state index in [1.165, 1.54) is 17.3 Å². The Morgan fingerprint density at radius 2 is 0.900 bits per heavy atom. The summed E-state index contributed by atoms with van der Waals surface area (Å²) in [6.45, 7) is 1.08. The van der Waals surface area contributed by atoms with Gasteiger partial charge >= 0.3 is 23.9 Å². The fraction of sp³-hybridized carbons (Fsp3) is 0.667. The minimum Gasteiger partial charge on any atom is -0.480 e. The molecule has 0 atom stereocenters. The van der Waals surface area contributed by atoms with Gasteiger partial charge in [0.1, 0.15) is 13.1 Å². The number of carboxylic acid groups (broad SMARTS) is 4. The molecule has 0 saturated carbocycles. The SMILES string of the molecule is O=C(O)CN1C=CN(CC(=O)O)CCN(CC(=O)O)CCN(CC(=O)O)CCCC1. The zero-order valence-corrected chi connectivity index (χ0v) is 16.9. The van der Waals surface area contributed by atoms with Crippen LogP contribution in [0.2, 0.25) is 0 Å². The lowest BCUT2D eigenvalue weighted by atomic mass is 10.2. The molecule has 30 heavy (non-hydrogen) atoms. The largest absolute Gasteiger partial charge is 0.480 e. The molecule has 0 bridgehead atoms. The summed E-state index contributed by atoms with van der Waals surface area (Å²) in [7, 11) is 0. The van der Waals surface area contributed by atoms with Crippen molar-refractivity contribution in [2.45, 2.75) is 12.8 Å². The van der Waals surface area contributed by atoms with Crippen molar-refractivity contribution >= 4 is 23.9 Å².